The fourth-order valence-corrected chi connectivity index (χ4v) is 1.07. The summed E-state index contributed by atoms with van der Waals surface area (Å²) in [5.74, 6) is -1.33. The molecule has 15 heavy (non-hydrogen) atoms. The topological polar surface area (TPSA) is 22.0 Å². The van der Waals surface area contributed by atoms with Crippen molar-refractivity contribution >= 4 is 0 Å². The van der Waals surface area contributed by atoms with Crippen LogP contribution in [0.2, 0.25) is 0 Å². The quantitative estimate of drug-likeness (QED) is 0.707. The van der Waals surface area contributed by atoms with E-state index in [1.165, 1.54) is 0 Å². The van der Waals surface area contributed by atoms with E-state index in [9.17, 15) is 9.18 Å². The lowest BCUT2D eigenvalue weighted by Crippen LogP contribution is -2.16. The van der Waals surface area contributed by atoms with Crippen LogP contribution in [0.1, 0.15) is 15.2 Å². The first-order valence-electron chi connectivity index (χ1n) is 7.55. The zero-order chi connectivity index (χ0) is 16.8. The van der Waals surface area contributed by atoms with Gasteiger partial charge in [0.2, 0.25) is 0 Å². The van der Waals surface area contributed by atoms with Gasteiger partial charge in [-0.15, -0.1) is 0 Å². The summed E-state index contributed by atoms with van der Waals surface area (Å²) >= 11 is 0. The monoisotopic (exact) mass is 210 g/mol. The minimum Gasteiger partial charge on any atom is -0.284 e. The van der Waals surface area contributed by atoms with E-state index in [-0.39, 0.29) is 5.56 Å². The predicted molar refractivity (Wildman–Crippen MR) is 56.7 cm³/mol. The second-order valence-electron chi connectivity index (χ2n) is 2.79. The highest BCUT2D eigenvalue weighted by atomic mass is 19.1. The van der Waals surface area contributed by atoms with Crippen molar-refractivity contribution in [2.24, 2.45) is 0 Å². The van der Waals surface area contributed by atoms with Gasteiger partial charge >= 0.3 is 0 Å². The lowest BCUT2D eigenvalue weighted by Gasteiger charge is -2.05. The molecule has 1 heterocycles. The molecule has 0 saturated heterocycles. The zero-order valence-corrected chi connectivity index (χ0v) is 7.47. The third-order valence-corrected chi connectivity index (χ3v) is 1.73. The van der Waals surface area contributed by atoms with Crippen LogP contribution in [0.25, 0.3) is 5.69 Å². The number of rotatable bonds is 1. The van der Waals surface area contributed by atoms with Gasteiger partial charge in [0.1, 0.15) is 5.82 Å². The molecule has 1 aromatic heterocycles. The van der Waals surface area contributed by atoms with Crippen LogP contribution in [-0.4, -0.2) is 4.57 Å². The molecular weight excluding hydrogens is 193 g/mol. The molecule has 0 aliphatic rings. The highest BCUT2D eigenvalue weighted by molar-refractivity contribution is 5.33. The maximum Gasteiger partial charge on any atom is 0.255 e. The van der Waals surface area contributed by atoms with Crippen molar-refractivity contribution in [3.8, 4) is 5.69 Å². The van der Waals surface area contributed by atoms with E-state index in [0.717, 1.165) is 18.3 Å². The summed E-state index contributed by atoms with van der Waals surface area (Å²) in [6.07, 6.45) is 0.914. The van der Waals surface area contributed by atoms with Crippen LogP contribution in [0.15, 0.2) is 47.3 Å². The molecule has 0 unspecified atom stereocenters. The van der Waals surface area contributed by atoms with E-state index in [1.54, 1.807) is 0 Å². The minimum absolute atomic E-state index is 0.215. The Bertz CT molecular complexity index is 783. The van der Waals surface area contributed by atoms with Gasteiger partial charge in [0, 0.05) is 22.1 Å². The SMILES string of the molecule is [2H]c1c([2H])c(-n2cc(C([2H])([2H])[2H])ccc2=O)c([2H])c([2H])c1F. The number of benzene rings is 1. The first kappa shape index (κ1) is 4.31. The molecular formula is C12H10FNO. The zero-order valence-electron chi connectivity index (χ0n) is 14.5. The molecule has 0 bridgehead atoms. The van der Waals surface area contributed by atoms with E-state index in [2.05, 4.69) is 0 Å². The summed E-state index contributed by atoms with van der Waals surface area (Å²) in [5, 5.41) is 0. The van der Waals surface area contributed by atoms with Crippen molar-refractivity contribution in [1.82, 2.24) is 4.57 Å². The Morgan fingerprint density at radius 3 is 2.73 bits per heavy atom. The van der Waals surface area contributed by atoms with Crippen LogP contribution in [0.5, 0.6) is 0 Å². The maximum absolute atomic E-state index is 13.5. The van der Waals surface area contributed by atoms with Gasteiger partial charge in [-0.3, -0.25) is 9.36 Å². The van der Waals surface area contributed by atoms with E-state index in [4.69, 9.17) is 9.60 Å². The smallest absolute Gasteiger partial charge is 0.255 e. The third kappa shape index (κ3) is 1.96. The molecule has 0 atom stereocenters. The minimum atomic E-state index is -2.52. The Morgan fingerprint density at radius 1 is 1.33 bits per heavy atom. The van der Waals surface area contributed by atoms with Gasteiger partial charge in [-0.25, -0.2) is 4.39 Å². The molecule has 0 spiro atoms. The molecule has 2 nitrogen and oxygen atoms in total. The number of hydrogen-bond acceptors (Lipinski definition) is 1. The summed E-state index contributed by atoms with van der Waals surface area (Å²) in [6, 6.07) is -1.35. The average Bonchev–Trinajstić information content (AvgIpc) is 2.44. The molecule has 0 fully saturated rings. The number of pyridine rings is 1. The van der Waals surface area contributed by atoms with Gasteiger partial charge in [0.15, 0.2) is 0 Å². The summed E-state index contributed by atoms with van der Waals surface area (Å²) in [7, 11) is 0. The number of nitrogens with zero attached hydrogens (tertiary/aromatic N) is 1. The lowest BCUT2D eigenvalue weighted by molar-refractivity contribution is 0.627. The molecule has 3 heteroatoms. The predicted octanol–water partition coefficient (Wildman–Crippen LogP) is 2.29. The highest BCUT2D eigenvalue weighted by Gasteiger charge is 1.99. The van der Waals surface area contributed by atoms with Gasteiger partial charge in [0.25, 0.3) is 5.56 Å². The van der Waals surface area contributed by atoms with Crippen molar-refractivity contribution in [3.63, 3.8) is 0 Å². The first-order valence-corrected chi connectivity index (χ1v) is 4.05. The van der Waals surface area contributed by atoms with Gasteiger partial charge in [0.05, 0.1) is 5.48 Å². The molecule has 0 radical (unpaired) electrons. The first-order chi connectivity index (χ1) is 10.1. The molecule has 0 saturated carbocycles. The summed E-state index contributed by atoms with van der Waals surface area (Å²) < 4.78 is 66.4. The molecule has 76 valence electrons. The molecule has 0 amide bonds. The second kappa shape index (κ2) is 3.69. The Balaban J connectivity index is 2.86. The fraction of sp³-hybridized carbons (Fsp3) is 0.0833. The molecule has 0 N–H and O–H groups in total. The Labute approximate surface area is 96.4 Å². The largest absolute Gasteiger partial charge is 0.284 e. The standard InChI is InChI=1S/C12H10FNO/c1-9-2-7-12(15)14(8-9)11-5-3-10(13)4-6-11/h2-8H,1H3/i1D3,3D,4D,5D,6D. The van der Waals surface area contributed by atoms with Gasteiger partial charge in [-0.1, -0.05) is 6.07 Å². The van der Waals surface area contributed by atoms with Gasteiger partial charge < -0.3 is 0 Å². The Kier molecular flexibility index (Phi) is 1.06. The van der Waals surface area contributed by atoms with Crippen molar-refractivity contribution < 1.29 is 14.0 Å². The summed E-state index contributed by atoms with van der Waals surface area (Å²) in [4.78, 5) is 11.9. The van der Waals surface area contributed by atoms with E-state index in [1.807, 2.05) is 0 Å². The molecule has 1 aromatic carbocycles. The molecule has 2 aromatic rings. The number of aromatic nitrogens is 1. The van der Waals surface area contributed by atoms with Crippen molar-refractivity contribution in [3.05, 3.63) is 64.2 Å². The van der Waals surface area contributed by atoms with Crippen molar-refractivity contribution in [1.29, 1.82) is 0 Å². The number of aryl methyl sites for hydroxylation is 1. The molecule has 2 rings (SSSR count). The van der Waals surface area contributed by atoms with Crippen LogP contribution >= 0.6 is 0 Å². The van der Waals surface area contributed by atoms with Gasteiger partial charge in [-0.2, -0.15) is 0 Å². The van der Waals surface area contributed by atoms with Crippen LogP contribution in [0, 0.1) is 12.7 Å². The van der Waals surface area contributed by atoms with E-state index in [0.29, 0.717) is 4.57 Å². The maximum atomic E-state index is 13.5. The number of hydrogen-bond donors (Lipinski definition) is 0. The highest BCUT2D eigenvalue weighted by Crippen LogP contribution is 2.07. The van der Waals surface area contributed by atoms with E-state index >= 15 is 0 Å². The lowest BCUT2D eigenvalue weighted by atomic mass is 10.2. The van der Waals surface area contributed by atoms with Crippen molar-refractivity contribution in [2.45, 2.75) is 6.85 Å². The second-order valence-corrected chi connectivity index (χ2v) is 2.79. The molecule has 0 aliphatic carbocycles. The fourth-order valence-electron chi connectivity index (χ4n) is 1.07. The summed E-state index contributed by atoms with van der Waals surface area (Å²) in [5.41, 5.74) is -1.46. The third-order valence-electron chi connectivity index (χ3n) is 1.73. The van der Waals surface area contributed by atoms with Gasteiger partial charge in [-0.05, 0) is 36.6 Å². The van der Waals surface area contributed by atoms with Crippen molar-refractivity contribution in [2.75, 3.05) is 0 Å². The van der Waals surface area contributed by atoms with Crippen LogP contribution in [0.4, 0.5) is 4.39 Å². The van der Waals surface area contributed by atoms with E-state index < -0.39 is 48.1 Å². The molecule has 0 aliphatic heterocycles. The number of halogens is 1. The normalized spacial score (nSPS) is 17.8. The van der Waals surface area contributed by atoms with Crippen LogP contribution in [-0.2, 0) is 0 Å². The Hall–Kier alpha value is -1.90. The summed E-state index contributed by atoms with van der Waals surface area (Å²) in [6.45, 7) is -2.52. The Morgan fingerprint density at radius 2 is 2.07 bits per heavy atom. The van der Waals surface area contributed by atoms with Crippen LogP contribution in [0.3, 0.4) is 0 Å². The van der Waals surface area contributed by atoms with Crippen LogP contribution < -0.4 is 5.56 Å². The average molecular weight is 210 g/mol.